The average molecular weight is 666 g/mol. The second-order valence-corrected chi connectivity index (χ2v) is 13.1. The molecule has 0 aromatic carbocycles. The molecule has 15 nitrogen and oxygen atoms in total. The lowest BCUT2D eigenvalue weighted by atomic mass is 10.0. The van der Waals surface area contributed by atoms with Crippen molar-refractivity contribution in [3.8, 4) is 0 Å². The lowest BCUT2D eigenvalue weighted by molar-refractivity contribution is -0.689. The predicted molar refractivity (Wildman–Crippen MR) is 162 cm³/mol. The third kappa shape index (κ3) is 6.45. The highest BCUT2D eigenvalue weighted by Crippen LogP contribution is 2.40. The summed E-state index contributed by atoms with van der Waals surface area (Å²) in [6.07, 6.45) is 2.37. The van der Waals surface area contributed by atoms with Crippen LogP contribution in [-0.2, 0) is 30.6 Å². The van der Waals surface area contributed by atoms with Gasteiger partial charge in [-0.15, -0.1) is 11.8 Å². The molecule has 3 aliphatic rings. The summed E-state index contributed by atoms with van der Waals surface area (Å²) in [5, 5.41) is 28.1. The predicted octanol–water partition coefficient (Wildman–Crippen LogP) is 0.0969. The van der Waals surface area contributed by atoms with E-state index in [4.69, 9.17) is 27.3 Å². The third-order valence-electron chi connectivity index (χ3n) is 7.21. The number of nitrogen functional groups attached to an aromatic ring is 1. The fourth-order valence-electron chi connectivity index (χ4n) is 5.00. The topological polar surface area (TPSA) is 204 Å². The van der Waals surface area contributed by atoms with E-state index in [9.17, 15) is 24.3 Å². The van der Waals surface area contributed by atoms with E-state index in [1.165, 1.54) is 23.6 Å². The largest absolute Gasteiger partial charge is 0.478 e. The van der Waals surface area contributed by atoms with Gasteiger partial charge in [-0.05, 0) is 13.8 Å². The van der Waals surface area contributed by atoms with Crippen molar-refractivity contribution < 1.29 is 38.8 Å². The van der Waals surface area contributed by atoms with E-state index in [-0.39, 0.29) is 27.4 Å². The van der Waals surface area contributed by atoms with Crippen LogP contribution in [0.25, 0.3) is 0 Å². The summed E-state index contributed by atoms with van der Waals surface area (Å²) in [7, 11) is 0. The number of carboxylic acids is 2. The standard InChI is InChI=1S/C26H29ClN8O7S2/c1-12-9-34(8-5-29-12)15-3-6-33(7-4-15)10-14-11-43-23-18(22(37)35(23)19(14)25(40)41)30-21(36)17(32-42-13(2)24(38)39)16-20(27)44-26(28)31-16/h3-4,6-7,12-13,18,23,29H,5,8-11H2,1-2H3,(H4-,28,30,31,36,38,39,40,41)/p+1/t12?,13-,18+,23+/m0/s1. The van der Waals surface area contributed by atoms with Crippen molar-refractivity contribution in [2.75, 3.05) is 36.0 Å². The number of aromatic nitrogens is 2. The lowest BCUT2D eigenvalue weighted by Crippen LogP contribution is -2.71. The van der Waals surface area contributed by atoms with Crippen LogP contribution >= 0.6 is 34.7 Å². The minimum atomic E-state index is -1.40. The maximum Gasteiger partial charge on any atom is 0.352 e. The van der Waals surface area contributed by atoms with Crippen LogP contribution in [0.15, 0.2) is 41.0 Å². The first kappa shape index (κ1) is 31.5. The number of nitrogens with zero attached hydrogens (tertiary/aromatic N) is 5. The summed E-state index contributed by atoms with van der Waals surface area (Å²) in [6.45, 7) is 6.28. The molecule has 234 valence electrons. The van der Waals surface area contributed by atoms with Gasteiger partial charge in [0.2, 0.25) is 6.10 Å². The SMILES string of the molecule is CC1CN(c2cc[n+](CC3=C(C(=O)O)N4C(=O)[C@@H](NC(=O)C(=NO[C@@H](C)C(=O)O)c5nc(N)sc5Cl)[C@H]4SC3)cc2)CCN1. The van der Waals surface area contributed by atoms with Crippen LogP contribution in [0.4, 0.5) is 10.8 Å². The highest BCUT2D eigenvalue weighted by Gasteiger charge is 2.55. The van der Waals surface area contributed by atoms with Gasteiger partial charge in [0.1, 0.15) is 27.1 Å². The van der Waals surface area contributed by atoms with Crippen molar-refractivity contribution in [1.82, 2.24) is 20.5 Å². The number of rotatable bonds is 10. The Kier molecular flexibility index (Phi) is 9.28. The quantitative estimate of drug-likeness (QED) is 0.0992. The number of fused-ring (bicyclic) bond motifs is 1. The molecule has 5 heterocycles. The fourth-order valence-corrected chi connectivity index (χ4v) is 7.26. The van der Waals surface area contributed by atoms with Gasteiger partial charge in [-0.1, -0.05) is 28.1 Å². The molecule has 2 fully saturated rings. The molecule has 0 spiro atoms. The van der Waals surface area contributed by atoms with Crippen LogP contribution < -0.4 is 25.8 Å². The number of piperazine rings is 1. The molecule has 2 amide bonds. The number of thioether (sulfide) groups is 1. The molecule has 0 radical (unpaired) electrons. The molecule has 2 saturated heterocycles. The number of oxime groups is 1. The number of amides is 2. The van der Waals surface area contributed by atoms with Gasteiger partial charge in [-0.3, -0.25) is 14.5 Å². The van der Waals surface area contributed by atoms with Crippen LogP contribution in [0, 0.1) is 0 Å². The molecular weight excluding hydrogens is 636 g/mol. The molecule has 4 atom stereocenters. The van der Waals surface area contributed by atoms with E-state index in [0.29, 0.717) is 17.4 Å². The zero-order valence-electron chi connectivity index (χ0n) is 23.6. The number of thiazole rings is 1. The fraction of sp³-hybridized carbons (Fsp3) is 0.423. The number of carbonyl (C=O) groups excluding carboxylic acids is 2. The number of nitrogens with one attached hydrogen (secondary N) is 2. The van der Waals surface area contributed by atoms with Crippen LogP contribution in [-0.4, -0.2) is 98.5 Å². The molecule has 1 unspecified atom stereocenters. The Morgan fingerprint density at radius 3 is 2.68 bits per heavy atom. The number of nitrogens with two attached hydrogens (primary N) is 1. The molecule has 0 bridgehead atoms. The molecule has 2 aromatic rings. The molecule has 44 heavy (non-hydrogen) atoms. The number of hydrogen-bond acceptors (Lipinski definition) is 12. The Bertz CT molecular complexity index is 1550. The highest BCUT2D eigenvalue weighted by atomic mass is 35.5. The van der Waals surface area contributed by atoms with Crippen molar-refractivity contribution in [2.24, 2.45) is 5.16 Å². The first-order chi connectivity index (χ1) is 20.9. The molecule has 2 aromatic heterocycles. The van der Waals surface area contributed by atoms with Gasteiger partial charge in [-0.2, -0.15) is 0 Å². The van der Waals surface area contributed by atoms with Crippen LogP contribution in [0.1, 0.15) is 19.5 Å². The number of aliphatic carboxylic acids is 2. The molecule has 5 rings (SSSR count). The van der Waals surface area contributed by atoms with Gasteiger partial charge in [0.05, 0.1) is 0 Å². The number of carbonyl (C=O) groups is 4. The molecule has 3 aliphatic heterocycles. The summed E-state index contributed by atoms with van der Waals surface area (Å²) >= 11 is 8.34. The van der Waals surface area contributed by atoms with Gasteiger partial charge in [0.25, 0.3) is 11.8 Å². The van der Waals surface area contributed by atoms with Crippen molar-refractivity contribution in [1.29, 1.82) is 0 Å². The van der Waals surface area contributed by atoms with Crippen LogP contribution in [0.3, 0.4) is 0 Å². The van der Waals surface area contributed by atoms with Crippen molar-refractivity contribution in [2.45, 2.75) is 44.0 Å². The smallest absolute Gasteiger partial charge is 0.352 e. The first-order valence-corrected chi connectivity index (χ1v) is 15.8. The Labute approximate surface area is 264 Å². The van der Waals surface area contributed by atoms with E-state index in [0.717, 1.165) is 36.7 Å². The second kappa shape index (κ2) is 13.0. The number of hydrogen-bond donors (Lipinski definition) is 5. The summed E-state index contributed by atoms with van der Waals surface area (Å²) in [6, 6.07) is 3.26. The lowest BCUT2D eigenvalue weighted by Gasteiger charge is -2.49. The summed E-state index contributed by atoms with van der Waals surface area (Å²) < 4.78 is 1.87. The average Bonchev–Trinajstić information content (AvgIpc) is 3.32. The van der Waals surface area contributed by atoms with E-state index >= 15 is 0 Å². The van der Waals surface area contributed by atoms with Gasteiger partial charge < -0.3 is 36.3 Å². The molecule has 6 N–H and O–H groups in total. The van der Waals surface area contributed by atoms with E-state index in [2.05, 4.69) is 32.6 Å². The molecule has 0 saturated carbocycles. The van der Waals surface area contributed by atoms with Crippen molar-refractivity contribution in [3.05, 3.63) is 45.8 Å². The second-order valence-electron chi connectivity index (χ2n) is 10.3. The number of pyridine rings is 1. The normalized spacial score (nSPS) is 22.7. The maximum absolute atomic E-state index is 13.3. The Morgan fingerprint density at radius 1 is 1.34 bits per heavy atom. The van der Waals surface area contributed by atoms with E-state index < -0.39 is 47.0 Å². The summed E-state index contributed by atoms with van der Waals surface area (Å²) in [5.41, 5.74) is 6.57. The zero-order chi connectivity index (χ0) is 31.7. The Balaban J connectivity index is 1.31. The van der Waals surface area contributed by atoms with Crippen LogP contribution in [0.5, 0.6) is 0 Å². The number of halogens is 1. The first-order valence-electron chi connectivity index (χ1n) is 13.5. The third-order valence-corrected chi connectivity index (χ3v) is 9.63. The number of anilines is 2. The summed E-state index contributed by atoms with van der Waals surface area (Å²) in [4.78, 5) is 62.4. The Morgan fingerprint density at radius 2 is 2.07 bits per heavy atom. The summed E-state index contributed by atoms with van der Waals surface area (Å²) in [5.74, 6) is -3.82. The highest BCUT2D eigenvalue weighted by molar-refractivity contribution is 8.00. The number of β-lactam (4-membered cyclic amide) rings is 1. The van der Waals surface area contributed by atoms with Gasteiger partial charge >= 0.3 is 11.9 Å². The van der Waals surface area contributed by atoms with Crippen molar-refractivity contribution >= 4 is 75.0 Å². The van der Waals surface area contributed by atoms with Gasteiger partial charge in [0.15, 0.2) is 29.8 Å². The molecular formula is C26H30ClN8O7S2+. The maximum atomic E-state index is 13.3. The van der Waals surface area contributed by atoms with Crippen molar-refractivity contribution in [3.63, 3.8) is 0 Å². The Hall–Kier alpha value is -3.93. The number of carboxylic acid groups (broad SMARTS) is 2. The van der Waals surface area contributed by atoms with Crippen LogP contribution in [0.2, 0.25) is 4.34 Å². The zero-order valence-corrected chi connectivity index (χ0v) is 26.0. The monoisotopic (exact) mass is 665 g/mol. The van der Waals surface area contributed by atoms with Gasteiger partial charge in [0, 0.05) is 54.8 Å². The van der Waals surface area contributed by atoms with E-state index in [1.54, 1.807) is 0 Å². The minimum Gasteiger partial charge on any atom is -0.478 e. The minimum absolute atomic E-state index is 0.00495. The molecule has 18 heteroatoms. The van der Waals surface area contributed by atoms with Gasteiger partial charge in [-0.25, -0.2) is 19.1 Å². The molecule has 0 aliphatic carbocycles. The van der Waals surface area contributed by atoms with E-state index in [1.807, 2.05) is 29.1 Å².